The summed E-state index contributed by atoms with van der Waals surface area (Å²) in [7, 11) is 5.61. The molecule has 25 heavy (non-hydrogen) atoms. The van der Waals surface area contributed by atoms with E-state index in [9.17, 15) is 9.59 Å². The van der Waals surface area contributed by atoms with Gasteiger partial charge in [0, 0.05) is 11.3 Å². The van der Waals surface area contributed by atoms with Crippen molar-refractivity contribution in [2.45, 2.75) is 26.0 Å². The first-order valence-corrected chi connectivity index (χ1v) is 7.85. The Morgan fingerprint density at radius 3 is 2.24 bits per heavy atom. The SMILES string of the molecule is [B]c1ccc(C(=O)C(NC(=O)O[C@H](C)c2ccccc2)C(C)=N)cc1. The summed E-state index contributed by atoms with van der Waals surface area (Å²) in [6.45, 7) is 3.20. The van der Waals surface area contributed by atoms with E-state index in [2.05, 4.69) is 5.32 Å². The van der Waals surface area contributed by atoms with Crippen molar-refractivity contribution in [3.63, 3.8) is 0 Å². The molecule has 126 valence electrons. The number of hydrogen-bond acceptors (Lipinski definition) is 4. The van der Waals surface area contributed by atoms with Crippen molar-refractivity contribution in [2.75, 3.05) is 0 Å². The molecule has 0 fully saturated rings. The zero-order chi connectivity index (χ0) is 18.4. The van der Waals surface area contributed by atoms with Gasteiger partial charge in [0.05, 0.1) is 0 Å². The molecule has 0 aromatic heterocycles. The van der Waals surface area contributed by atoms with Gasteiger partial charge in [0.2, 0.25) is 0 Å². The van der Waals surface area contributed by atoms with Crippen molar-refractivity contribution >= 4 is 30.9 Å². The minimum Gasteiger partial charge on any atom is -0.442 e. The maximum Gasteiger partial charge on any atom is 0.408 e. The Balaban J connectivity index is 2.05. The van der Waals surface area contributed by atoms with E-state index in [1.165, 1.54) is 6.92 Å². The maximum atomic E-state index is 12.5. The molecule has 2 rings (SSSR count). The lowest BCUT2D eigenvalue weighted by Gasteiger charge is -2.19. The van der Waals surface area contributed by atoms with E-state index in [0.29, 0.717) is 11.0 Å². The predicted octanol–water partition coefficient (Wildman–Crippen LogP) is 2.56. The fourth-order valence-corrected chi connectivity index (χ4v) is 2.29. The van der Waals surface area contributed by atoms with Crippen LogP contribution < -0.4 is 10.8 Å². The van der Waals surface area contributed by atoms with E-state index in [-0.39, 0.29) is 5.71 Å². The molecule has 2 atom stereocenters. The van der Waals surface area contributed by atoms with Crippen molar-refractivity contribution in [3.8, 4) is 0 Å². The Kier molecular flexibility index (Phi) is 6.11. The largest absolute Gasteiger partial charge is 0.442 e. The lowest BCUT2D eigenvalue weighted by Crippen LogP contribution is -2.45. The first-order chi connectivity index (χ1) is 11.9. The highest BCUT2D eigenvalue weighted by Crippen LogP contribution is 2.16. The number of rotatable bonds is 6. The van der Waals surface area contributed by atoms with E-state index >= 15 is 0 Å². The molecule has 2 radical (unpaired) electrons. The highest BCUT2D eigenvalue weighted by atomic mass is 16.6. The van der Waals surface area contributed by atoms with Crippen LogP contribution in [-0.2, 0) is 4.74 Å². The number of Topliss-reactive ketones (excluding diaryl/α,β-unsaturated/α-hetero) is 1. The fourth-order valence-electron chi connectivity index (χ4n) is 2.29. The minimum absolute atomic E-state index is 0.0196. The van der Waals surface area contributed by atoms with Crippen molar-refractivity contribution in [1.29, 1.82) is 5.41 Å². The molecule has 1 unspecified atom stereocenters. The number of amides is 1. The lowest BCUT2D eigenvalue weighted by atomic mass is 9.93. The van der Waals surface area contributed by atoms with Gasteiger partial charge in [0.25, 0.3) is 0 Å². The number of alkyl carbamates (subject to hydrolysis) is 1. The zero-order valence-electron chi connectivity index (χ0n) is 14.2. The average Bonchev–Trinajstić information content (AvgIpc) is 2.60. The third-order valence-electron chi connectivity index (χ3n) is 3.71. The maximum absolute atomic E-state index is 12.5. The van der Waals surface area contributed by atoms with E-state index in [4.69, 9.17) is 18.0 Å². The summed E-state index contributed by atoms with van der Waals surface area (Å²) in [6.07, 6.45) is -1.23. The highest BCUT2D eigenvalue weighted by Gasteiger charge is 2.25. The molecular formula is C19H19BN2O3. The van der Waals surface area contributed by atoms with Crippen LogP contribution in [0.2, 0.25) is 0 Å². The van der Waals surface area contributed by atoms with Gasteiger partial charge in [-0.3, -0.25) is 4.79 Å². The van der Waals surface area contributed by atoms with Crippen LogP contribution in [0.4, 0.5) is 4.79 Å². The molecule has 0 heterocycles. The molecule has 5 nitrogen and oxygen atoms in total. The number of ether oxygens (including phenoxy) is 1. The number of carbonyl (C=O) groups is 2. The topological polar surface area (TPSA) is 79.2 Å². The molecule has 2 aromatic carbocycles. The van der Waals surface area contributed by atoms with Gasteiger partial charge >= 0.3 is 6.09 Å². The van der Waals surface area contributed by atoms with Crippen LogP contribution in [0.5, 0.6) is 0 Å². The van der Waals surface area contributed by atoms with Gasteiger partial charge in [-0.25, -0.2) is 4.79 Å². The Labute approximate surface area is 148 Å². The van der Waals surface area contributed by atoms with Gasteiger partial charge in [-0.1, -0.05) is 60.1 Å². The lowest BCUT2D eigenvalue weighted by molar-refractivity contribution is 0.0904. The molecule has 0 saturated heterocycles. The van der Waals surface area contributed by atoms with Crippen LogP contribution in [0.25, 0.3) is 0 Å². The summed E-state index contributed by atoms with van der Waals surface area (Å²) in [4.78, 5) is 24.7. The van der Waals surface area contributed by atoms with Gasteiger partial charge in [-0.05, 0) is 19.4 Å². The molecule has 0 spiro atoms. The van der Waals surface area contributed by atoms with E-state index in [1.54, 1.807) is 31.2 Å². The number of nitrogens with one attached hydrogen (secondary N) is 2. The molecule has 2 aromatic rings. The van der Waals surface area contributed by atoms with Crippen molar-refractivity contribution in [2.24, 2.45) is 0 Å². The summed E-state index contributed by atoms with van der Waals surface area (Å²) < 4.78 is 5.30. The smallest absolute Gasteiger partial charge is 0.408 e. The second-order valence-corrected chi connectivity index (χ2v) is 5.70. The van der Waals surface area contributed by atoms with Gasteiger partial charge in [0.1, 0.15) is 20.0 Å². The molecule has 1 amide bonds. The van der Waals surface area contributed by atoms with Crippen LogP contribution in [0, 0.1) is 5.41 Å². The number of hydrogen-bond donors (Lipinski definition) is 2. The first-order valence-electron chi connectivity index (χ1n) is 7.85. The molecular weight excluding hydrogens is 315 g/mol. The molecule has 0 saturated carbocycles. The van der Waals surface area contributed by atoms with Crippen LogP contribution in [-0.4, -0.2) is 31.5 Å². The van der Waals surface area contributed by atoms with Crippen LogP contribution in [0.15, 0.2) is 54.6 Å². The summed E-state index contributed by atoms with van der Waals surface area (Å²) in [5.41, 5.74) is 1.75. The highest BCUT2D eigenvalue weighted by molar-refractivity contribution is 6.32. The summed E-state index contributed by atoms with van der Waals surface area (Å²) in [5.74, 6) is -0.392. The number of ketones is 1. The Bertz CT molecular complexity index is 760. The van der Waals surface area contributed by atoms with Crippen LogP contribution in [0.3, 0.4) is 0 Å². The standard InChI is InChI=1S/C19H19BN2O3/c1-12(21)17(18(23)15-8-10-16(20)11-9-15)22-19(24)25-13(2)14-6-4-3-5-7-14/h3-11,13,17,21H,1-2H3,(H,22,24)/t13-,17?/m1/s1. The van der Waals surface area contributed by atoms with E-state index in [1.807, 2.05) is 30.3 Å². The normalized spacial score (nSPS) is 12.7. The van der Waals surface area contributed by atoms with Crippen molar-refractivity contribution in [1.82, 2.24) is 5.32 Å². The summed E-state index contributed by atoms with van der Waals surface area (Å²) in [5, 5.41) is 10.3. The predicted molar refractivity (Wildman–Crippen MR) is 97.8 cm³/mol. The monoisotopic (exact) mass is 334 g/mol. The molecule has 6 heteroatoms. The second kappa shape index (κ2) is 8.28. The van der Waals surface area contributed by atoms with E-state index in [0.717, 1.165) is 5.56 Å². The second-order valence-electron chi connectivity index (χ2n) is 5.70. The molecule has 0 aliphatic rings. The molecule has 0 aliphatic heterocycles. The molecule has 2 N–H and O–H groups in total. The summed E-state index contributed by atoms with van der Waals surface area (Å²) in [6, 6.07) is 14.5. The third kappa shape index (κ3) is 5.04. The zero-order valence-corrected chi connectivity index (χ0v) is 14.2. The number of carbonyl (C=O) groups excluding carboxylic acids is 2. The van der Waals surface area contributed by atoms with Gasteiger partial charge in [-0.2, -0.15) is 0 Å². The van der Waals surface area contributed by atoms with Crippen molar-refractivity contribution < 1.29 is 14.3 Å². The quantitative estimate of drug-likeness (QED) is 0.484. The van der Waals surface area contributed by atoms with Gasteiger partial charge in [0.15, 0.2) is 5.78 Å². The summed E-state index contributed by atoms with van der Waals surface area (Å²) >= 11 is 0. The first kappa shape index (κ1) is 18.5. The average molecular weight is 334 g/mol. The van der Waals surface area contributed by atoms with Gasteiger partial charge < -0.3 is 15.5 Å². The molecule has 0 bridgehead atoms. The van der Waals surface area contributed by atoms with E-state index < -0.39 is 24.0 Å². The fraction of sp³-hybridized carbons (Fsp3) is 0.211. The Morgan fingerprint density at radius 2 is 1.68 bits per heavy atom. The van der Waals surface area contributed by atoms with Gasteiger partial charge in [-0.15, -0.1) is 0 Å². The Morgan fingerprint density at radius 1 is 1.08 bits per heavy atom. The Hall–Kier alpha value is -2.89. The number of benzene rings is 2. The van der Waals surface area contributed by atoms with Crippen molar-refractivity contribution in [3.05, 3.63) is 65.7 Å². The molecule has 0 aliphatic carbocycles. The minimum atomic E-state index is -1.08. The van der Waals surface area contributed by atoms with Crippen LogP contribution in [0.1, 0.15) is 35.9 Å². The third-order valence-corrected chi connectivity index (χ3v) is 3.71. The van der Waals surface area contributed by atoms with Crippen LogP contribution >= 0.6 is 0 Å².